The van der Waals surface area contributed by atoms with Gasteiger partial charge >= 0.3 is 0 Å². The normalized spacial score (nSPS) is 10.8. The molecule has 0 saturated carbocycles. The standard InChI is InChI=1S/C22H20N4O2/c1-14-5-3-4-6-20(14)26-21(13-19(25-26)22(27)24-23)17-8-7-16-12-18(28-2)10-9-15(16)11-17/h3-13H,23H2,1-2H3,(H,24,27). The average Bonchev–Trinajstić information content (AvgIpc) is 3.18. The molecule has 0 aliphatic heterocycles. The summed E-state index contributed by atoms with van der Waals surface area (Å²) in [5.41, 5.74) is 6.13. The number of aryl methyl sites for hydroxylation is 1. The molecule has 0 aliphatic carbocycles. The van der Waals surface area contributed by atoms with Crippen LogP contribution >= 0.6 is 0 Å². The molecule has 6 heteroatoms. The molecule has 3 N–H and O–H groups in total. The van der Waals surface area contributed by atoms with Gasteiger partial charge in [-0.15, -0.1) is 0 Å². The van der Waals surface area contributed by atoms with E-state index in [9.17, 15) is 4.79 Å². The molecule has 0 saturated heterocycles. The molecular formula is C22H20N4O2. The van der Waals surface area contributed by atoms with Crippen molar-refractivity contribution in [3.8, 4) is 22.7 Å². The smallest absolute Gasteiger partial charge is 0.285 e. The van der Waals surface area contributed by atoms with E-state index in [1.807, 2.05) is 61.5 Å². The van der Waals surface area contributed by atoms with Crippen LogP contribution in [0, 0.1) is 6.92 Å². The van der Waals surface area contributed by atoms with Gasteiger partial charge < -0.3 is 4.74 Å². The van der Waals surface area contributed by atoms with Crippen molar-refractivity contribution in [2.75, 3.05) is 7.11 Å². The van der Waals surface area contributed by atoms with Crippen molar-refractivity contribution in [1.29, 1.82) is 0 Å². The number of fused-ring (bicyclic) bond motifs is 1. The lowest BCUT2D eigenvalue weighted by molar-refractivity contribution is 0.0948. The first-order valence-electron chi connectivity index (χ1n) is 8.86. The first kappa shape index (κ1) is 17.8. The SMILES string of the molecule is COc1ccc2cc(-c3cc(C(=O)NN)nn3-c3ccccc3C)ccc2c1. The number of para-hydroxylation sites is 1. The van der Waals surface area contributed by atoms with Crippen LogP contribution in [0.4, 0.5) is 0 Å². The van der Waals surface area contributed by atoms with Gasteiger partial charge in [0.15, 0.2) is 5.69 Å². The Kier molecular flexibility index (Phi) is 4.55. The highest BCUT2D eigenvalue weighted by Gasteiger charge is 2.17. The van der Waals surface area contributed by atoms with Gasteiger partial charge in [-0.25, -0.2) is 10.5 Å². The zero-order valence-corrected chi connectivity index (χ0v) is 15.6. The van der Waals surface area contributed by atoms with Crippen LogP contribution in [0.2, 0.25) is 0 Å². The Hall–Kier alpha value is -3.64. The summed E-state index contributed by atoms with van der Waals surface area (Å²) in [5.74, 6) is 5.69. The number of aromatic nitrogens is 2. The van der Waals surface area contributed by atoms with E-state index in [-0.39, 0.29) is 5.69 Å². The van der Waals surface area contributed by atoms with Crippen LogP contribution in [0.1, 0.15) is 16.1 Å². The number of hydrogen-bond acceptors (Lipinski definition) is 4. The van der Waals surface area contributed by atoms with Gasteiger partial charge in [0.05, 0.1) is 18.5 Å². The summed E-state index contributed by atoms with van der Waals surface area (Å²) in [7, 11) is 1.65. The van der Waals surface area contributed by atoms with Gasteiger partial charge in [0.2, 0.25) is 0 Å². The maximum atomic E-state index is 12.1. The number of carbonyl (C=O) groups excluding carboxylic acids is 1. The number of hydrogen-bond donors (Lipinski definition) is 2. The Bertz CT molecular complexity index is 1180. The first-order chi connectivity index (χ1) is 13.6. The number of nitrogens with zero attached hydrogens (tertiary/aromatic N) is 2. The first-order valence-corrected chi connectivity index (χ1v) is 8.86. The molecule has 6 nitrogen and oxygen atoms in total. The maximum Gasteiger partial charge on any atom is 0.285 e. The third-order valence-corrected chi connectivity index (χ3v) is 4.76. The van der Waals surface area contributed by atoms with Crippen molar-refractivity contribution < 1.29 is 9.53 Å². The monoisotopic (exact) mass is 372 g/mol. The fraction of sp³-hybridized carbons (Fsp3) is 0.0909. The number of benzene rings is 3. The largest absolute Gasteiger partial charge is 0.497 e. The third kappa shape index (κ3) is 3.10. The van der Waals surface area contributed by atoms with Crippen molar-refractivity contribution in [2.24, 2.45) is 5.84 Å². The molecule has 1 heterocycles. The summed E-state index contributed by atoms with van der Waals surface area (Å²) in [5, 5.41) is 6.64. The quantitative estimate of drug-likeness (QED) is 0.326. The molecular weight excluding hydrogens is 352 g/mol. The van der Waals surface area contributed by atoms with Gasteiger partial charge in [0.25, 0.3) is 5.91 Å². The highest BCUT2D eigenvalue weighted by molar-refractivity contribution is 5.94. The van der Waals surface area contributed by atoms with Crippen molar-refractivity contribution >= 4 is 16.7 Å². The Morgan fingerprint density at radius 2 is 1.79 bits per heavy atom. The van der Waals surface area contributed by atoms with E-state index in [1.165, 1.54) is 0 Å². The van der Waals surface area contributed by atoms with E-state index in [0.717, 1.165) is 39.0 Å². The fourth-order valence-electron chi connectivity index (χ4n) is 3.27. The molecule has 4 aromatic rings. The second kappa shape index (κ2) is 7.17. The Balaban J connectivity index is 1.91. The summed E-state index contributed by atoms with van der Waals surface area (Å²) in [6, 6.07) is 21.7. The second-order valence-electron chi connectivity index (χ2n) is 6.51. The van der Waals surface area contributed by atoms with Gasteiger partial charge in [-0.1, -0.05) is 36.4 Å². The molecule has 140 valence electrons. The molecule has 0 aliphatic rings. The summed E-state index contributed by atoms with van der Waals surface area (Å²) < 4.78 is 7.08. The van der Waals surface area contributed by atoms with Crippen molar-refractivity contribution in [2.45, 2.75) is 6.92 Å². The summed E-state index contributed by atoms with van der Waals surface area (Å²) in [6.07, 6.45) is 0. The molecule has 0 bridgehead atoms. The number of nitrogen functional groups attached to an aromatic ring is 1. The van der Waals surface area contributed by atoms with Crippen molar-refractivity contribution in [3.63, 3.8) is 0 Å². The Morgan fingerprint density at radius 1 is 1.04 bits per heavy atom. The topological polar surface area (TPSA) is 82.2 Å². The lowest BCUT2D eigenvalue weighted by Crippen LogP contribution is -2.30. The lowest BCUT2D eigenvalue weighted by atomic mass is 10.0. The number of amides is 1. The van der Waals surface area contributed by atoms with Crippen LogP contribution in [-0.4, -0.2) is 22.8 Å². The third-order valence-electron chi connectivity index (χ3n) is 4.76. The number of methoxy groups -OCH3 is 1. The predicted molar refractivity (Wildman–Crippen MR) is 109 cm³/mol. The minimum Gasteiger partial charge on any atom is -0.497 e. The highest BCUT2D eigenvalue weighted by Crippen LogP contribution is 2.30. The van der Waals surface area contributed by atoms with Gasteiger partial charge in [0.1, 0.15) is 5.75 Å². The maximum absolute atomic E-state index is 12.1. The van der Waals surface area contributed by atoms with E-state index >= 15 is 0 Å². The molecule has 3 aromatic carbocycles. The minimum atomic E-state index is -0.431. The number of carbonyl (C=O) groups is 1. The molecule has 0 spiro atoms. The summed E-state index contributed by atoms with van der Waals surface area (Å²) >= 11 is 0. The van der Waals surface area contributed by atoms with E-state index in [2.05, 4.69) is 16.6 Å². The summed E-state index contributed by atoms with van der Waals surface area (Å²) in [6.45, 7) is 2.01. The lowest BCUT2D eigenvalue weighted by Gasteiger charge is -2.11. The zero-order valence-electron chi connectivity index (χ0n) is 15.6. The van der Waals surface area contributed by atoms with Crippen molar-refractivity contribution in [1.82, 2.24) is 15.2 Å². The molecule has 0 fully saturated rings. The molecule has 4 rings (SSSR count). The van der Waals surface area contributed by atoms with Gasteiger partial charge in [-0.2, -0.15) is 5.10 Å². The van der Waals surface area contributed by atoms with E-state index < -0.39 is 5.91 Å². The predicted octanol–water partition coefficient (Wildman–Crippen LogP) is 3.61. The van der Waals surface area contributed by atoms with Crippen molar-refractivity contribution in [3.05, 3.63) is 78.0 Å². The number of hydrazine groups is 1. The van der Waals surface area contributed by atoms with E-state index in [1.54, 1.807) is 17.9 Å². The number of nitrogens with two attached hydrogens (primary N) is 1. The molecule has 0 radical (unpaired) electrons. The van der Waals surface area contributed by atoms with E-state index in [0.29, 0.717) is 0 Å². The number of nitrogens with one attached hydrogen (secondary N) is 1. The zero-order chi connectivity index (χ0) is 19.7. The Labute approximate surface area is 162 Å². The van der Waals surface area contributed by atoms with Gasteiger partial charge in [-0.3, -0.25) is 10.2 Å². The fourth-order valence-corrected chi connectivity index (χ4v) is 3.27. The summed E-state index contributed by atoms with van der Waals surface area (Å²) in [4.78, 5) is 12.1. The van der Waals surface area contributed by atoms with Crippen LogP contribution in [0.3, 0.4) is 0 Å². The second-order valence-corrected chi connectivity index (χ2v) is 6.51. The molecule has 1 aromatic heterocycles. The van der Waals surface area contributed by atoms with Crippen LogP contribution in [-0.2, 0) is 0 Å². The number of rotatable bonds is 4. The van der Waals surface area contributed by atoms with Crippen LogP contribution in [0.5, 0.6) is 5.75 Å². The van der Waals surface area contributed by atoms with Gasteiger partial charge in [0, 0.05) is 5.56 Å². The van der Waals surface area contributed by atoms with Crippen LogP contribution in [0.25, 0.3) is 27.7 Å². The van der Waals surface area contributed by atoms with Gasteiger partial charge in [-0.05, 0) is 53.6 Å². The average molecular weight is 372 g/mol. The molecule has 28 heavy (non-hydrogen) atoms. The minimum absolute atomic E-state index is 0.260. The van der Waals surface area contributed by atoms with E-state index in [4.69, 9.17) is 10.6 Å². The molecule has 0 unspecified atom stereocenters. The highest BCUT2D eigenvalue weighted by atomic mass is 16.5. The van der Waals surface area contributed by atoms with Crippen LogP contribution < -0.4 is 16.0 Å². The molecule has 0 atom stereocenters. The molecule has 1 amide bonds. The number of ether oxygens (including phenoxy) is 1. The van der Waals surface area contributed by atoms with Crippen LogP contribution in [0.15, 0.2) is 66.7 Å². The Morgan fingerprint density at radius 3 is 2.54 bits per heavy atom.